The van der Waals surface area contributed by atoms with Crippen molar-refractivity contribution in [2.45, 2.75) is 12.8 Å². The van der Waals surface area contributed by atoms with E-state index in [2.05, 4.69) is 9.88 Å². The van der Waals surface area contributed by atoms with E-state index in [1.54, 1.807) is 6.20 Å². The Kier molecular flexibility index (Phi) is 3.84. The number of esters is 1. The maximum Gasteiger partial charge on any atom is 0.308 e. The lowest BCUT2D eigenvalue weighted by atomic mass is 9.97. The molecule has 0 atom stereocenters. The first kappa shape index (κ1) is 12.2. The Labute approximate surface area is 106 Å². The molecule has 1 saturated heterocycles. The number of carbonyl (C=O) groups excluding carboxylic acids is 1. The summed E-state index contributed by atoms with van der Waals surface area (Å²) in [5.41, 5.74) is 0. The number of methoxy groups -OCH3 is 1. The molecular formula is C12H15ClN2O2. The summed E-state index contributed by atoms with van der Waals surface area (Å²) in [4.78, 5) is 17.8. The lowest BCUT2D eigenvalue weighted by Gasteiger charge is -2.31. The molecule has 1 fully saturated rings. The predicted molar refractivity (Wildman–Crippen MR) is 66.2 cm³/mol. The molecule has 5 heteroatoms. The molecule has 92 valence electrons. The standard InChI is InChI=1S/C12H15ClN2O2/c1-17-12(16)9-4-7-15(8-5-9)11-10(13)3-2-6-14-11/h2-3,6,9H,4-5,7-8H2,1H3. The van der Waals surface area contributed by atoms with Crippen molar-refractivity contribution in [2.24, 2.45) is 5.92 Å². The van der Waals surface area contributed by atoms with Gasteiger partial charge in [0.15, 0.2) is 0 Å². The van der Waals surface area contributed by atoms with Crippen LogP contribution in [0.2, 0.25) is 5.02 Å². The van der Waals surface area contributed by atoms with E-state index in [4.69, 9.17) is 16.3 Å². The summed E-state index contributed by atoms with van der Waals surface area (Å²) < 4.78 is 4.76. The van der Waals surface area contributed by atoms with Gasteiger partial charge in [0, 0.05) is 19.3 Å². The first-order valence-electron chi connectivity index (χ1n) is 5.65. The zero-order valence-electron chi connectivity index (χ0n) is 9.73. The van der Waals surface area contributed by atoms with Gasteiger partial charge in [0.25, 0.3) is 0 Å². The Hall–Kier alpha value is -1.29. The van der Waals surface area contributed by atoms with E-state index in [0.717, 1.165) is 31.7 Å². The van der Waals surface area contributed by atoms with Gasteiger partial charge in [-0.15, -0.1) is 0 Å². The van der Waals surface area contributed by atoms with Gasteiger partial charge in [-0.3, -0.25) is 4.79 Å². The van der Waals surface area contributed by atoms with Crippen molar-refractivity contribution in [3.8, 4) is 0 Å². The Morgan fingerprint density at radius 1 is 1.53 bits per heavy atom. The molecule has 2 rings (SSSR count). The molecule has 4 nitrogen and oxygen atoms in total. The number of piperidine rings is 1. The van der Waals surface area contributed by atoms with Gasteiger partial charge in [0.2, 0.25) is 0 Å². The highest BCUT2D eigenvalue weighted by molar-refractivity contribution is 6.32. The van der Waals surface area contributed by atoms with Gasteiger partial charge < -0.3 is 9.64 Å². The highest BCUT2D eigenvalue weighted by Crippen LogP contribution is 2.27. The van der Waals surface area contributed by atoms with Gasteiger partial charge in [-0.2, -0.15) is 0 Å². The molecule has 1 aromatic rings. The monoisotopic (exact) mass is 254 g/mol. The van der Waals surface area contributed by atoms with Crippen LogP contribution in [0.4, 0.5) is 5.82 Å². The van der Waals surface area contributed by atoms with Crippen LogP contribution in [0, 0.1) is 5.92 Å². The number of anilines is 1. The van der Waals surface area contributed by atoms with Crippen LogP contribution in [0.5, 0.6) is 0 Å². The van der Waals surface area contributed by atoms with E-state index in [0.29, 0.717) is 5.02 Å². The van der Waals surface area contributed by atoms with E-state index in [1.807, 2.05) is 12.1 Å². The number of halogens is 1. The molecule has 0 spiro atoms. The molecular weight excluding hydrogens is 240 g/mol. The van der Waals surface area contributed by atoms with Crippen LogP contribution < -0.4 is 4.90 Å². The largest absolute Gasteiger partial charge is 0.469 e. The van der Waals surface area contributed by atoms with Crippen LogP contribution in [0.25, 0.3) is 0 Å². The molecule has 0 saturated carbocycles. The van der Waals surface area contributed by atoms with Crippen LogP contribution in [-0.4, -0.2) is 31.2 Å². The third-order valence-electron chi connectivity index (χ3n) is 3.07. The summed E-state index contributed by atoms with van der Waals surface area (Å²) in [5, 5.41) is 0.656. The minimum atomic E-state index is -0.114. The number of ether oxygens (including phenoxy) is 1. The Balaban J connectivity index is 2.00. The summed E-state index contributed by atoms with van der Waals surface area (Å²) >= 11 is 6.09. The van der Waals surface area contributed by atoms with Crippen molar-refractivity contribution in [3.05, 3.63) is 23.4 Å². The molecule has 1 aliphatic rings. The SMILES string of the molecule is COC(=O)C1CCN(c2ncccc2Cl)CC1. The second-order valence-corrected chi connectivity index (χ2v) is 4.50. The normalized spacial score (nSPS) is 16.9. The van der Waals surface area contributed by atoms with E-state index in [9.17, 15) is 4.79 Å². The van der Waals surface area contributed by atoms with Gasteiger partial charge in [0.05, 0.1) is 18.1 Å². The number of rotatable bonds is 2. The fraction of sp³-hybridized carbons (Fsp3) is 0.500. The Morgan fingerprint density at radius 2 is 2.24 bits per heavy atom. The van der Waals surface area contributed by atoms with Gasteiger partial charge in [-0.05, 0) is 25.0 Å². The summed E-state index contributed by atoms with van der Waals surface area (Å²) in [7, 11) is 1.43. The topological polar surface area (TPSA) is 42.4 Å². The first-order chi connectivity index (χ1) is 8.22. The van der Waals surface area contributed by atoms with Crippen LogP contribution in [0.1, 0.15) is 12.8 Å². The van der Waals surface area contributed by atoms with E-state index in [-0.39, 0.29) is 11.9 Å². The van der Waals surface area contributed by atoms with Gasteiger partial charge >= 0.3 is 5.97 Å². The van der Waals surface area contributed by atoms with Crippen LogP contribution in [0.3, 0.4) is 0 Å². The average molecular weight is 255 g/mol. The summed E-state index contributed by atoms with van der Waals surface area (Å²) in [6.45, 7) is 1.58. The Morgan fingerprint density at radius 3 is 2.82 bits per heavy atom. The average Bonchev–Trinajstić information content (AvgIpc) is 2.39. The van der Waals surface area contributed by atoms with E-state index in [1.165, 1.54) is 7.11 Å². The Bertz CT molecular complexity index is 403. The number of hydrogen-bond acceptors (Lipinski definition) is 4. The zero-order valence-corrected chi connectivity index (χ0v) is 10.5. The highest BCUT2D eigenvalue weighted by atomic mass is 35.5. The molecule has 0 amide bonds. The maximum absolute atomic E-state index is 11.4. The lowest BCUT2D eigenvalue weighted by molar-refractivity contribution is -0.146. The second-order valence-electron chi connectivity index (χ2n) is 4.09. The number of hydrogen-bond donors (Lipinski definition) is 0. The first-order valence-corrected chi connectivity index (χ1v) is 6.03. The molecule has 1 aromatic heterocycles. The molecule has 0 radical (unpaired) electrons. The fourth-order valence-corrected chi connectivity index (χ4v) is 2.34. The van der Waals surface area contributed by atoms with Gasteiger partial charge in [-0.25, -0.2) is 4.98 Å². The molecule has 0 aromatic carbocycles. The summed E-state index contributed by atoms with van der Waals surface area (Å²) in [5.74, 6) is 0.702. The van der Waals surface area contributed by atoms with E-state index >= 15 is 0 Å². The number of aromatic nitrogens is 1. The molecule has 0 aliphatic carbocycles. The number of pyridine rings is 1. The van der Waals surface area contributed by atoms with Gasteiger partial charge in [0.1, 0.15) is 5.82 Å². The quantitative estimate of drug-likeness (QED) is 0.759. The molecule has 0 N–H and O–H groups in total. The molecule has 17 heavy (non-hydrogen) atoms. The van der Waals surface area contributed by atoms with Crippen LogP contribution in [0.15, 0.2) is 18.3 Å². The number of nitrogens with zero attached hydrogens (tertiary/aromatic N) is 2. The maximum atomic E-state index is 11.4. The minimum Gasteiger partial charge on any atom is -0.469 e. The third kappa shape index (κ3) is 2.69. The predicted octanol–water partition coefficient (Wildman–Crippen LogP) is 2.12. The summed E-state index contributed by atoms with van der Waals surface area (Å²) in [6.07, 6.45) is 3.31. The smallest absolute Gasteiger partial charge is 0.308 e. The molecule has 1 aliphatic heterocycles. The van der Waals surface area contributed by atoms with Gasteiger partial charge in [-0.1, -0.05) is 11.6 Å². The van der Waals surface area contributed by atoms with Crippen molar-refractivity contribution in [1.82, 2.24) is 4.98 Å². The molecule has 2 heterocycles. The third-order valence-corrected chi connectivity index (χ3v) is 3.36. The second kappa shape index (κ2) is 5.36. The van der Waals surface area contributed by atoms with Crippen molar-refractivity contribution >= 4 is 23.4 Å². The van der Waals surface area contributed by atoms with Crippen LogP contribution in [-0.2, 0) is 9.53 Å². The molecule has 0 unspecified atom stereocenters. The van der Waals surface area contributed by atoms with Crippen molar-refractivity contribution in [2.75, 3.05) is 25.1 Å². The lowest BCUT2D eigenvalue weighted by Crippen LogP contribution is -2.37. The minimum absolute atomic E-state index is 0.0127. The van der Waals surface area contributed by atoms with Crippen molar-refractivity contribution in [1.29, 1.82) is 0 Å². The van der Waals surface area contributed by atoms with Crippen molar-refractivity contribution in [3.63, 3.8) is 0 Å². The molecule has 0 bridgehead atoms. The summed E-state index contributed by atoms with van der Waals surface area (Å²) in [6, 6.07) is 3.64. The number of carbonyl (C=O) groups is 1. The zero-order chi connectivity index (χ0) is 12.3. The van der Waals surface area contributed by atoms with Crippen molar-refractivity contribution < 1.29 is 9.53 Å². The fourth-order valence-electron chi connectivity index (χ4n) is 2.10. The van der Waals surface area contributed by atoms with Crippen LogP contribution >= 0.6 is 11.6 Å². The van der Waals surface area contributed by atoms with E-state index < -0.39 is 0 Å². The highest BCUT2D eigenvalue weighted by Gasteiger charge is 2.26.